The van der Waals surface area contributed by atoms with Gasteiger partial charge in [0.25, 0.3) is 0 Å². The van der Waals surface area contributed by atoms with Crippen LogP contribution >= 0.6 is 0 Å². The summed E-state index contributed by atoms with van der Waals surface area (Å²) in [5, 5.41) is 6.49. The maximum Gasteiger partial charge on any atom is 0.243 e. The predicted molar refractivity (Wildman–Crippen MR) is 68.0 cm³/mol. The molecule has 5 heteroatoms. The lowest BCUT2D eigenvalue weighted by molar-refractivity contribution is -0.124. The van der Waals surface area contributed by atoms with E-state index in [1.807, 2.05) is 17.7 Å². The third kappa shape index (κ3) is 2.72. The Bertz CT molecular complexity index is 434. The van der Waals surface area contributed by atoms with Gasteiger partial charge in [-0.1, -0.05) is 0 Å². The summed E-state index contributed by atoms with van der Waals surface area (Å²) in [6, 6.07) is 0.907. The molecule has 2 aliphatic carbocycles. The van der Waals surface area contributed by atoms with Crippen molar-refractivity contribution < 1.29 is 4.79 Å². The molecule has 0 aliphatic heterocycles. The summed E-state index contributed by atoms with van der Waals surface area (Å²) in [5.74, 6) is 0.100. The molecular weight excluding hydrogens is 228 g/mol. The van der Waals surface area contributed by atoms with E-state index in [9.17, 15) is 4.79 Å². The molecule has 0 aromatic carbocycles. The zero-order chi connectivity index (χ0) is 12.5. The molecule has 98 valence electrons. The average molecular weight is 248 g/mol. The molecule has 2 fully saturated rings. The van der Waals surface area contributed by atoms with Gasteiger partial charge in [-0.25, -0.2) is 4.98 Å². The number of rotatable bonds is 6. The van der Waals surface area contributed by atoms with Crippen LogP contribution in [-0.4, -0.2) is 27.5 Å². The van der Waals surface area contributed by atoms with Crippen LogP contribution < -0.4 is 10.6 Å². The molecule has 3 rings (SSSR count). The van der Waals surface area contributed by atoms with Crippen LogP contribution in [0, 0.1) is 0 Å². The molecule has 0 saturated heterocycles. The number of carbonyl (C=O) groups is 1. The molecule has 2 saturated carbocycles. The third-order valence-corrected chi connectivity index (χ3v) is 3.62. The molecule has 1 aromatic rings. The second-order valence-electron chi connectivity index (χ2n) is 5.41. The largest absolute Gasteiger partial charge is 0.352 e. The minimum Gasteiger partial charge on any atom is -0.352 e. The van der Waals surface area contributed by atoms with Crippen molar-refractivity contribution in [3.8, 4) is 0 Å². The third-order valence-electron chi connectivity index (χ3n) is 3.62. The average Bonchev–Trinajstić information content (AvgIpc) is 3.27. The monoisotopic (exact) mass is 248 g/mol. The first-order chi connectivity index (χ1) is 8.74. The van der Waals surface area contributed by atoms with E-state index in [1.54, 1.807) is 6.33 Å². The number of amides is 1. The Morgan fingerprint density at radius 1 is 1.44 bits per heavy atom. The molecule has 0 spiro atoms. The molecule has 2 aliphatic rings. The van der Waals surface area contributed by atoms with Crippen molar-refractivity contribution in [3.63, 3.8) is 0 Å². The minimum absolute atomic E-state index is 0.100. The standard InChI is InChI=1S/C13H20N4O/c1-9(13(18)16-11-4-5-11)17-8-14-6-12(17)7-15-10-2-3-10/h6,8-11,15H,2-5,7H2,1H3,(H,16,18). The molecule has 1 unspecified atom stereocenters. The van der Waals surface area contributed by atoms with Crippen molar-refractivity contribution >= 4 is 5.91 Å². The van der Waals surface area contributed by atoms with E-state index in [-0.39, 0.29) is 11.9 Å². The summed E-state index contributed by atoms with van der Waals surface area (Å²) >= 11 is 0. The van der Waals surface area contributed by atoms with Gasteiger partial charge in [0.2, 0.25) is 5.91 Å². The van der Waals surface area contributed by atoms with Crippen LogP contribution in [0.4, 0.5) is 0 Å². The highest BCUT2D eigenvalue weighted by atomic mass is 16.2. The highest BCUT2D eigenvalue weighted by Gasteiger charge is 2.27. The molecule has 1 atom stereocenters. The number of carbonyl (C=O) groups excluding carboxylic acids is 1. The zero-order valence-electron chi connectivity index (χ0n) is 10.7. The highest BCUT2D eigenvalue weighted by Crippen LogP contribution is 2.21. The number of imidazole rings is 1. The SMILES string of the molecule is CC(C(=O)NC1CC1)n1cncc1CNC1CC1. The van der Waals surface area contributed by atoms with E-state index in [0.717, 1.165) is 25.1 Å². The van der Waals surface area contributed by atoms with Gasteiger partial charge >= 0.3 is 0 Å². The number of hydrogen-bond acceptors (Lipinski definition) is 3. The van der Waals surface area contributed by atoms with E-state index in [1.165, 1.54) is 12.8 Å². The second kappa shape index (κ2) is 4.72. The first-order valence-corrected chi connectivity index (χ1v) is 6.78. The number of hydrogen-bond donors (Lipinski definition) is 2. The smallest absolute Gasteiger partial charge is 0.243 e. The minimum atomic E-state index is -0.177. The Kier molecular flexibility index (Phi) is 3.07. The maximum absolute atomic E-state index is 12.0. The first-order valence-electron chi connectivity index (χ1n) is 6.78. The Hall–Kier alpha value is -1.36. The van der Waals surface area contributed by atoms with Crippen LogP contribution in [0.1, 0.15) is 44.3 Å². The Labute approximate surface area is 107 Å². The fourth-order valence-corrected chi connectivity index (χ4v) is 2.03. The van der Waals surface area contributed by atoms with Crippen molar-refractivity contribution in [1.82, 2.24) is 20.2 Å². The van der Waals surface area contributed by atoms with E-state index >= 15 is 0 Å². The molecule has 1 aromatic heterocycles. The zero-order valence-corrected chi connectivity index (χ0v) is 10.7. The van der Waals surface area contributed by atoms with Crippen molar-refractivity contribution in [1.29, 1.82) is 0 Å². The lowest BCUT2D eigenvalue weighted by Crippen LogP contribution is -2.33. The van der Waals surface area contributed by atoms with Crippen molar-refractivity contribution in [2.75, 3.05) is 0 Å². The lowest BCUT2D eigenvalue weighted by atomic mass is 10.3. The van der Waals surface area contributed by atoms with E-state index in [0.29, 0.717) is 12.1 Å². The Morgan fingerprint density at radius 2 is 2.17 bits per heavy atom. The molecule has 5 nitrogen and oxygen atoms in total. The van der Waals surface area contributed by atoms with Crippen molar-refractivity contribution in [2.24, 2.45) is 0 Å². The Morgan fingerprint density at radius 3 is 2.83 bits per heavy atom. The molecular formula is C13H20N4O. The van der Waals surface area contributed by atoms with E-state index < -0.39 is 0 Å². The van der Waals surface area contributed by atoms with Crippen LogP contribution in [0.5, 0.6) is 0 Å². The van der Waals surface area contributed by atoms with Crippen LogP contribution in [0.15, 0.2) is 12.5 Å². The molecule has 18 heavy (non-hydrogen) atoms. The van der Waals surface area contributed by atoms with Gasteiger partial charge in [-0.2, -0.15) is 0 Å². The van der Waals surface area contributed by atoms with Gasteiger partial charge in [0.15, 0.2) is 0 Å². The molecule has 0 radical (unpaired) electrons. The van der Waals surface area contributed by atoms with E-state index in [2.05, 4.69) is 15.6 Å². The molecule has 0 bridgehead atoms. The van der Waals surface area contributed by atoms with Gasteiger partial charge in [0.1, 0.15) is 6.04 Å². The summed E-state index contributed by atoms with van der Waals surface area (Å²) < 4.78 is 1.97. The fourth-order valence-electron chi connectivity index (χ4n) is 2.03. The fraction of sp³-hybridized carbons (Fsp3) is 0.692. The number of aromatic nitrogens is 2. The quantitative estimate of drug-likeness (QED) is 0.789. The van der Waals surface area contributed by atoms with Crippen LogP contribution in [0.25, 0.3) is 0 Å². The van der Waals surface area contributed by atoms with Crippen LogP contribution in [-0.2, 0) is 11.3 Å². The molecule has 2 N–H and O–H groups in total. The summed E-state index contributed by atoms with van der Waals surface area (Å²) in [6.07, 6.45) is 8.38. The van der Waals surface area contributed by atoms with Gasteiger partial charge in [-0.05, 0) is 32.6 Å². The summed E-state index contributed by atoms with van der Waals surface area (Å²) in [4.78, 5) is 16.2. The van der Waals surface area contributed by atoms with Gasteiger partial charge < -0.3 is 15.2 Å². The van der Waals surface area contributed by atoms with Gasteiger partial charge in [-0.3, -0.25) is 4.79 Å². The summed E-state index contributed by atoms with van der Waals surface area (Å²) in [5.41, 5.74) is 1.08. The number of nitrogens with one attached hydrogen (secondary N) is 2. The molecule has 1 heterocycles. The topological polar surface area (TPSA) is 59.0 Å². The summed E-state index contributed by atoms with van der Waals surface area (Å²) in [6.45, 7) is 2.73. The van der Waals surface area contributed by atoms with E-state index in [4.69, 9.17) is 0 Å². The maximum atomic E-state index is 12.0. The normalized spacial score (nSPS) is 20.7. The highest BCUT2D eigenvalue weighted by molar-refractivity contribution is 5.80. The van der Waals surface area contributed by atoms with Crippen molar-refractivity contribution in [2.45, 2.75) is 57.3 Å². The number of nitrogens with zero attached hydrogens (tertiary/aromatic N) is 2. The van der Waals surface area contributed by atoms with Crippen molar-refractivity contribution in [3.05, 3.63) is 18.2 Å². The van der Waals surface area contributed by atoms with Gasteiger partial charge in [-0.15, -0.1) is 0 Å². The van der Waals surface area contributed by atoms with Gasteiger partial charge in [0, 0.05) is 24.8 Å². The van der Waals surface area contributed by atoms with Crippen LogP contribution in [0.3, 0.4) is 0 Å². The molecule has 1 amide bonds. The predicted octanol–water partition coefficient (Wildman–Crippen LogP) is 0.975. The Balaban J connectivity index is 1.61. The second-order valence-corrected chi connectivity index (χ2v) is 5.41. The lowest BCUT2D eigenvalue weighted by Gasteiger charge is -2.16. The van der Waals surface area contributed by atoms with Gasteiger partial charge in [0.05, 0.1) is 12.0 Å². The first kappa shape index (κ1) is 11.7. The summed E-state index contributed by atoms with van der Waals surface area (Å²) in [7, 11) is 0. The van der Waals surface area contributed by atoms with Crippen LogP contribution in [0.2, 0.25) is 0 Å².